The second-order valence-electron chi connectivity index (χ2n) is 7.74. The average Bonchev–Trinajstić information content (AvgIpc) is 3.40. The summed E-state index contributed by atoms with van der Waals surface area (Å²) in [4.78, 5) is 6.33. The predicted molar refractivity (Wildman–Crippen MR) is 123 cm³/mol. The van der Waals surface area contributed by atoms with Crippen molar-refractivity contribution in [1.82, 2.24) is 20.1 Å². The van der Waals surface area contributed by atoms with E-state index in [1.807, 2.05) is 30.1 Å². The number of aryl methyl sites for hydroxylation is 2. The predicted octanol–water partition coefficient (Wildman–Crippen LogP) is 5.95. The first kappa shape index (κ1) is 19.5. The van der Waals surface area contributed by atoms with Gasteiger partial charge in [0.15, 0.2) is 0 Å². The fraction of sp³-hybridized carbons (Fsp3) is 0.250. The summed E-state index contributed by atoms with van der Waals surface area (Å²) in [6.07, 6.45) is 7.35. The van der Waals surface area contributed by atoms with Crippen LogP contribution in [-0.2, 0) is 13.5 Å². The number of rotatable bonds is 5. The summed E-state index contributed by atoms with van der Waals surface area (Å²) in [5, 5.41) is 10.2. The third kappa shape index (κ3) is 3.93. The molecule has 2 unspecified atom stereocenters. The Morgan fingerprint density at radius 2 is 1.90 bits per heavy atom. The summed E-state index contributed by atoms with van der Waals surface area (Å²) in [7, 11) is 1.96. The van der Waals surface area contributed by atoms with Crippen LogP contribution in [0.3, 0.4) is 0 Å². The smallest absolute Gasteiger partial charge is 0.123 e. The van der Waals surface area contributed by atoms with Crippen molar-refractivity contribution in [3.8, 4) is 10.6 Å². The van der Waals surface area contributed by atoms with Crippen LogP contribution in [0.2, 0.25) is 5.02 Å². The van der Waals surface area contributed by atoms with Crippen LogP contribution in [0.4, 0.5) is 0 Å². The first-order valence-corrected chi connectivity index (χ1v) is 11.4. The Morgan fingerprint density at radius 3 is 2.63 bits per heavy atom. The van der Waals surface area contributed by atoms with Gasteiger partial charge in [0.25, 0.3) is 0 Å². The highest BCUT2D eigenvalue weighted by Crippen LogP contribution is 2.40. The minimum atomic E-state index is 0.0944. The number of halogens is 1. The molecule has 2 heterocycles. The first-order chi connectivity index (χ1) is 14.7. The van der Waals surface area contributed by atoms with E-state index in [1.165, 1.54) is 21.7 Å². The Morgan fingerprint density at radius 1 is 1.10 bits per heavy atom. The van der Waals surface area contributed by atoms with Crippen molar-refractivity contribution in [1.29, 1.82) is 0 Å². The second kappa shape index (κ2) is 8.34. The fourth-order valence-electron chi connectivity index (χ4n) is 4.12. The molecule has 0 amide bonds. The Labute approximate surface area is 185 Å². The average molecular weight is 435 g/mol. The van der Waals surface area contributed by atoms with Gasteiger partial charge in [-0.2, -0.15) is 5.10 Å². The van der Waals surface area contributed by atoms with Gasteiger partial charge < -0.3 is 0 Å². The number of benzene rings is 2. The molecule has 4 aromatic rings. The third-order valence-electron chi connectivity index (χ3n) is 5.60. The lowest BCUT2D eigenvalue weighted by molar-refractivity contribution is 0.432. The summed E-state index contributed by atoms with van der Waals surface area (Å²) in [6, 6.07) is 19.0. The molecule has 0 saturated heterocycles. The zero-order valence-corrected chi connectivity index (χ0v) is 18.3. The minimum absolute atomic E-state index is 0.0944. The van der Waals surface area contributed by atoms with Gasteiger partial charge in [-0.05, 0) is 37.0 Å². The van der Waals surface area contributed by atoms with E-state index >= 15 is 0 Å². The SMILES string of the molecule is Cn1cc(C(NC2CCCc3nc(-c4ccc(Cl)cc4)sc32)c2ccccc2)cn1. The van der Waals surface area contributed by atoms with Gasteiger partial charge in [0.2, 0.25) is 0 Å². The largest absolute Gasteiger partial charge is 0.298 e. The molecule has 1 aliphatic rings. The zero-order chi connectivity index (χ0) is 20.5. The number of hydrogen-bond acceptors (Lipinski definition) is 4. The second-order valence-corrected chi connectivity index (χ2v) is 9.21. The van der Waals surface area contributed by atoms with Gasteiger partial charge in [-0.3, -0.25) is 10.00 Å². The van der Waals surface area contributed by atoms with E-state index < -0.39 is 0 Å². The van der Waals surface area contributed by atoms with Crippen LogP contribution in [0.1, 0.15) is 46.6 Å². The number of nitrogens with zero attached hydrogens (tertiary/aromatic N) is 3. The lowest BCUT2D eigenvalue weighted by Gasteiger charge is -2.28. The maximum Gasteiger partial charge on any atom is 0.123 e. The summed E-state index contributed by atoms with van der Waals surface area (Å²) in [5.41, 5.74) is 4.79. The molecule has 30 heavy (non-hydrogen) atoms. The normalized spacial score (nSPS) is 16.9. The molecule has 2 aromatic carbocycles. The molecule has 0 bridgehead atoms. The third-order valence-corrected chi connectivity index (χ3v) is 7.11. The van der Waals surface area contributed by atoms with Crippen molar-refractivity contribution >= 4 is 22.9 Å². The van der Waals surface area contributed by atoms with Gasteiger partial charge in [-0.25, -0.2) is 4.98 Å². The number of fused-ring (bicyclic) bond motifs is 1. The zero-order valence-electron chi connectivity index (χ0n) is 16.8. The number of nitrogens with one attached hydrogen (secondary N) is 1. The van der Waals surface area contributed by atoms with Gasteiger partial charge in [0.05, 0.1) is 17.9 Å². The van der Waals surface area contributed by atoms with Gasteiger partial charge in [-0.1, -0.05) is 54.1 Å². The molecule has 0 aliphatic heterocycles. The highest BCUT2D eigenvalue weighted by atomic mass is 35.5. The van der Waals surface area contributed by atoms with Crippen molar-refractivity contribution in [3.05, 3.63) is 93.7 Å². The van der Waals surface area contributed by atoms with Crippen LogP contribution >= 0.6 is 22.9 Å². The molecule has 0 saturated carbocycles. The molecule has 0 fully saturated rings. The quantitative estimate of drug-likeness (QED) is 0.421. The van der Waals surface area contributed by atoms with Crippen LogP contribution < -0.4 is 5.32 Å². The summed E-state index contributed by atoms with van der Waals surface area (Å²) < 4.78 is 1.87. The van der Waals surface area contributed by atoms with Gasteiger partial charge in [0.1, 0.15) is 5.01 Å². The van der Waals surface area contributed by atoms with Gasteiger partial charge >= 0.3 is 0 Å². The molecular formula is C24H23ClN4S. The van der Waals surface area contributed by atoms with Crippen LogP contribution in [0.25, 0.3) is 10.6 Å². The Hall–Kier alpha value is -2.47. The van der Waals surface area contributed by atoms with E-state index in [0.717, 1.165) is 34.9 Å². The first-order valence-electron chi connectivity index (χ1n) is 10.2. The maximum atomic E-state index is 6.06. The highest BCUT2D eigenvalue weighted by molar-refractivity contribution is 7.15. The van der Waals surface area contributed by atoms with E-state index in [2.05, 4.69) is 59.1 Å². The molecule has 2 aromatic heterocycles. The summed E-state index contributed by atoms with van der Waals surface area (Å²) in [6.45, 7) is 0. The molecule has 2 atom stereocenters. The Kier molecular flexibility index (Phi) is 5.42. The molecule has 1 aliphatic carbocycles. The summed E-state index contributed by atoms with van der Waals surface area (Å²) >= 11 is 7.87. The molecule has 5 rings (SSSR count). The standard InChI is InChI=1S/C24H23ClN4S/c1-29-15-18(14-26-29)22(16-6-3-2-4-7-16)27-20-8-5-9-21-23(20)30-24(28-21)17-10-12-19(25)13-11-17/h2-4,6-7,10-15,20,22,27H,5,8-9H2,1H3. The van der Waals surface area contributed by atoms with Gasteiger partial charge in [0, 0.05) is 40.3 Å². The lowest BCUT2D eigenvalue weighted by Crippen LogP contribution is -2.29. The number of aromatic nitrogens is 3. The van der Waals surface area contributed by atoms with Crippen LogP contribution in [0, 0.1) is 0 Å². The van der Waals surface area contributed by atoms with Crippen LogP contribution in [0.5, 0.6) is 0 Å². The summed E-state index contributed by atoms with van der Waals surface area (Å²) in [5.74, 6) is 0. The molecule has 0 radical (unpaired) electrons. The van der Waals surface area contributed by atoms with Crippen molar-refractivity contribution in [3.63, 3.8) is 0 Å². The van der Waals surface area contributed by atoms with E-state index in [9.17, 15) is 0 Å². The molecule has 152 valence electrons. The Balaban J connectivity index is 1.48. The molecule has 4 nitrogen and oxygen atoms in total. The van der Waals surface area contributed by atoms with Crippen molar-refractivity contribution in [2.45, 2.75) is 31.3 Å². The van der Waals surface area contributed by atoms with Crippen LogP contribution in [-0.4, -0.2) is 14.8 Å². The van der Waals surface area contributed by atoms with E-state index in [-0.39, 0.29) is 12.1 Å². The van der Waals surface area contributed by atoms with Crippen molar-refractivity contribution in [2.24, 2.45) is 7.05 Å². The molecule has 6 heteroatoms. The van der Waals surface area contributed by atoms with E-state index in [0.29, 0.717) is 0 Å². The lowest BCUT2D eigenvalue weighted by atomic mass is 9.94. The topological polar surface area (TPSA) is 42.7 Å². The molecule has 0 spiro atoms. The molecular weight excluding hydrogens is 412 g/mol. The van der Waals surface area contributed by atoms with Gasteiger partial charge in [-0.15, -0.1) is 11.3 Å². The monoisotopic (exact) mass is 434 g/mol. The van der Waals surface area contributed by atoms with E-state index in [1.54, 1.807) is 11.3 Å². The van der Waals surface area contributed by atoms with Crippen LogP contribution in [0.15, 0.2) is 67.0 Å². The maximum absolute atomic E-state index is 6.06. The highest BCUT2D eigenvalue weighted by Gasteiger charge is 2.28. The number of hydrogen-bond donors (Lipinski definition) is 1. The van der Waals surface area contributed by atoms with Crippen molar-refractivity contribution < 1.29 is 0 Å². The number of thiazole rings is 1. The molecule has 1 N–H and O–H groups in total. The van der Waals surface area contributed by atoms with Crippen molar-refractivity contribution in [2.75, 3.05) is 0 Å². The fourth-order valence-corrected chi connectivity index (χ4v) is 5.45. The Bertz CT molecular complexity index is 1130. The minimum Gasteiger partial charge on any atom is -0.298 e. The van der Waals surface area contributed by atoms with E-state index in [4.69, 9.17) is 16.6 Å².